The van der Waals surface area contributed by atoms with Crippen LogP contribution in [0.25, 0.3) is 22.0 Å². The van der Waals surface area contributed by atoms with Crippen LogP contribution in [0.2, 0.25) is 0 Å². The lowest BCUT2D eigenvalue weighted by molar-refractivity contribution is 0.0206. The second-order valence-electron chi connectivity index (χ2n) is 12.1. The molecule has 1 N–H and O–H groups in total. The fourth-order valence-corrected chi connectivity index (χ4v) is 6.82. The van der Waals surface area contributed by atoms with E-state index in [9.17, 15) is 13.2 Å². The summed E-state index contributed by atoms with van der Waals surface area (Å²) in [5.74, 6) is -0.239. The van der Waals surface area contributed by atoms with Gasteiger partial charge < -0.3 is 19.7 Å². The molecular formula is C33H38FN5O5S. The minimum Gasteiger partial charge on any atom is -0.444 e. The van der Waals surface area contributed by atoms with Gasteiger partial charge in [0.2, 0.25) is 11.8 Å². The van der Waals surface area contributed by atoms with Gasteiger partial charge >= 0.3 is 6.09 Å². The third-order valence-corrected chi connectivity index (χ3v) is 9.03. The van der Waals surface area contributed by atoms with Crippen LogP contribution in [0.4, 0.5) is 15.1 Å². The Labute approximate surface area is 262 Å². The van der Waals surface area contributed by atoms with Crippen molar-refractivity contribution in [1.29, 1.82) is 0 Å². The van der Waals surface area contributed by atoms with Gasteiger partial charge in [-0.2, -0.15) is 0 Å². The van der Waals surface area contributed by atoms with Gasteiger partial charge in [-0.25, -0.2) is 32.6 Å². The first kappa shape index (κ1) is 32.1. The van der Waals surface area contributed by atoms with Crippen LogP contribution in [0.15, 0.2) is 60.9 Å². The van der Waals surface area contributed by atoms with Crippen LogP contribution in [0.1, 0.15) is 52.5 Å². The summed E-state index contributed by atoms with van der Waals surface area (Å²) in [4.78, 5) is 27.8. The number of nitrogens with one attached hydrogen (secondary N) is 1. The van der Waals surface area contributed by atoms with Crippen molar-refractivity contribution in [1.82, 2.24) is 19.9 Å². The maximum Gasteiger partial charge on any atom is 0.410 e. The quantitative estimate of drug-likeness (QED) is 0.212. The highest BCUT2D eigenvalue weighted by atomic mass is 32.2. The maximum atomic E-state index is 15.3. The van der Waals surface area contributed by atoms with Crippen LogP contribution in [0, 0.1) is 5.82 Å². The summed E-state index contributed by atoms with van der Waals surface area (Å²) >= 11 is 0. The van der Waals surface area contributed by atoms with Gasteiger partial charge in [0.25, 0.3) is 0 Å². The number of amides is 1. The fraction of sp³-hybridized carbons (Fsp3) is 0.394. The van der Waals surface area contributed by atoms with Gasteiger partial charge in [0.05, 0.1) is 22.8 Å². The van der Waals surface area contributed by atoms with E-state index in [0.29, 0.717) is 53.1 Å². The lowest BCUT2D eigenvalue weighted by Gasteiger charge is -2.34. The number of anilines is 1. The minimum atomic E-state index is -3.32. The van der Waals surface area contributed by atoms with Gasteiger partial charge in [-0.3, -0.25) is 0 Å². The van der Waals surface area contributed by atoms with Crippen LogP contribution in [-0.2, 0) is 20.3 Å². The Morgan fingerprint density at radius 1 is 1.07 bits per heavy atom. The number of fused-ring (bicyclic) bond motifs is 1. The molecule has 0 unspecified atom stereocenters. The van der Waals surface area contributed by atoms with E-state index in [1.165, 1.54) is 12.3 Å². The molecule has 1 aliphatic rings. The van der Waals surface area contributed by atoms with Crippen molar-refractivity contribution in [3.63, 3.8) is 0 Å². The highest BCUT2D eigenvalue weighted by molar-refractivity contribution is 7.90. The molecule has 12 heteroatoms. The van der Waals surface area contributed by atoms with E-state index >= 15 is 4.39 Å². The molecule has 5 rings (SSSR count). The van der Waals surface area contributed by atoms with E-state index < -0.39 is 21.3 Å². The molecule has 2 aromatic carbocycles. The summed E-state index contributed by atoms with van der Waals surface area (Å²) in [5, 5.41) is 4.36. The van der Waals surface area contributed by atoms with Gasteiger partial charge in [0.1, 0.15) is 5.60 Å². The van der Waals surface area contributed by atoms with Crippen LogP contribution < -0.4 is 10.1 Å². The number of piperidine rings is 1. The molecule has 1 aliphatic heterocycles. The lowest BCUT2D eigenvalue weighted by Crippen LogP contribution is -2.47. The number of carbonyl (C=O) groups is 1. The Hall–Kier alpha value is -4.32. The molecule has 4 aromatic rings. The van der Waals surface area contributed by atoms with Crippen molar-refractivity contribution in [3.05, 3.63) is 72.3 Å². The highest BCUT2D eigenvalue weighted by Gasteiger charge is 2.28. The van der Waals surface area contributed by atoms with Crippen molar-refractivity contribution in [2.75, 3.05) is 24.2 Å². The predicted octanol–water partition coefficient (Wildman–Crippen LogP) is 6.76. The number of nitrogens with zero attached hydrogens (tertiary/aromatic N) is 4. The van der Waals surface area contributed by atoms with E-state index in [2.05, 4.69) is 20.3 Å². The third kappa shape index (κ3) is 8.05. The zero-order chi connectivity index (χ0) is 32.2. The van der Waals surface area contributed by atoms with Gasteiger partial charge in [0, 0.05) is 36.9 Å². The molecule has 0 saturated carbocycles. The topological polar surface area (TPSA) is 124 Å². The number of pyridine rings is 1. The summed E-state index contributed by atoms with van der Waals surface area (Å²) in [5.41, 5.74) is 1.01. The van der Waals surface area contributed by atoms with Gasteiger partial charge in [-0.1, -0.05) is 31.2 Å². The molecule has 2 aromatic heterocycles. The van der Waals surface area contributed by atoms with Crippen molar-refractivity contribution >= 4 is 32.7 Å². The normalized spacial score (nSPS) is 15.6. The third-order valence-electron chi connectivity index (χ3n) is 7.25. The van der Waals surface area contributed by atoms with E-state index in [4.69, 9.17) is 9.47 Å². The van der Waals surface area contributed by atoms with Crippen molar-refractivity contribution in [3.8, 4) is 22.9 Å². The summed E-state index contributed by atoms with van der Waals surface area (Å²) in [7, 11) is -3.32. The molecule has 0 radical (unpaired) electrons. The lowest BCUT2D eigenvalue weighted by atomic mass is 10.0. The standard InChI is InChI=1S/C33H38FN5O5S/c1-5-19-45(41,42)21-22-9-6-11-25-24(22)13-14-27(34)29(25)43-30-26(12-7-16-35-30)28-15-17-36-31(38-28)37-23-10-8-18-39(20-23)32(40)44-33(2,3)4/h6-7,9,11-17,23H,5,8,10,18-21H2,1-4H3,(H,36,37,38)/t23-/m0/s1. The van der Waals surface area contributed by atoms with Crippen molar-refractivity contribution in [2.24, 2.45) is 0 Å². The first-order valence-corrected chi connectivity index (χ1v) is 16.9. The summed E-state index contributed by atoms with van der Waals surface area (Å²) < 4.78 is 52.1. The first-order chi connectivity index (χ1) is 21.4. The van der Waals surface area contributed by atoms with Gasteiger partial charge in [0.15, 0.2) is 21.4 Å². The molecule has 10 nitrogen and oxygen atoms in total. The number of aromatic nitrogens is 3. The molecule has 1 saturated heterocycles. The van der Waals surface area contributed by atoms with Crippen LogP contribution in [0.5, 0.6) is 11.6 Å². The highest BCUT2D eigenvalue weighted by Crippen LogP contribution is 2.37. The largest absolute Gasteiger partial charge is 0.444 e. The summed E-state index contributed by atoms with van der Waals surface area (Å²) in [6.07, 6.45) is 4.95. The Kier molecular flexibility index (Phi) is 9.52. The zero-order valence-electron chi connectivity index (χ0n) is 25.9. The summed E-state index contributed by atoms with van der Waals surface area (Å²) in [6, 6.07) is 13.1. The zero-order valence-corrected chi connectivity index (χ0v) is 26.7. The number of carbonyl (C=O) groups excluding carboxylic acids is 1. The maximum absolute atomic E-state index is 15.3. The monoisotopic (exact) mass is 635 g/mol. The van der Waals surface area contributed by atoms with E-state index in [-0.39, 0.29) is 35.3 Å². The molecule has 1 fully saturated rings. The van der Waals surface area contributed by atoms with Crippen molar-refractivity contribution < 1.29 is 27.1 Å². The average Bonchev–Trinajstić information content (AvgIpc) is 2.98. The number of hydrogen-bond acceptors (Lipinski definition) is 9. The Morgan fingerprint density at radius 3 is 2.67 bits per heavy atom. The van der Waals surface area contributed by atoms with E-state index in [0.717, 1.165) is 12.8 Å². The summed E-state index contributed by atoms with van der Waals surface area (Å²) in [6.45, 7) is 8.41. The molecule has 45 heavy (non-hydrogen) atoms. The van der Waals surface area contributed by atoms with Crippen molar-refractivity contribution in [2.45, 2.75) is 64.4 Å². The molecular weight excluding hydrogens is 597 g/mol. The molecule has 238 valence electrons. The number of rotatable bonds is 9. The Morgan fingerprint density at radius 2 is 1.89 bits per heavy atom. The number of likely N-dealkylation sites (tertiary alicyclic amines) is 1. The Bertz CT molecular complexity index is 1790. The SMILES string of the molecule is CCCS(=O)(=O)Cc1cccc2c(Oc3ncccc3-c3ccnc(N[C@H]4CCCN(C(=O)OC(C)(C)C)C4)n3)c(F)ccc12. The molecule has 0 spiro atoms. The number of halogens is 1. The van der Waals surface area contributed by atoms with Crippen LogP contribution in [0.3, 0.4) is 0 Å². The number of benzene rings is 2. The second-order valence-corrected chi connectivity index (χ2v) is 14.3. The predicted molar refractivity (Wildman–Crippen MR) is 171 cm³/mol. The first-order valence-electron chi connectivity index (χ1n) is 15.0. The van der Waals surface area contributed by atoms with Gasteiger partial charge in [-0.05, 0) is 75.2 Å². The molecule has 3 heterocycles. The minimum absolute atomic E-state index is 0.0565. The smallest absolute Gasteiger partial charge is 0.410 e. The molecule has 1 atom stereocenters. The molecule has 0 aliphatic carbocycles. The van der Waals surface area contributed by atoms with Gasteiger partial charge in [-0.15, -0.1) is 0 Å². The van der Waals surface area contributed by atoms with E-state index in [1.807, 2.05) is 27.7 Å². The number of hydrogen-bond donors (Lipinski definition) is 1. The number of ether oxygens (including phenoxy) is 2. The van der Waals surface area contributed by atoms with Crippen LogP contribution in [-0.4, -0.2) is 64.8 Å². The Balaban J connectivity index is 1.39. The average molecular weight is 636 g/mol. The second kappa shape index (κ2) is 13.4. The molecule has 1 amide bonds. The molecule has 0 bridgehead atoms. The van der Waals surface area contributed by atoms with Crippen LogP contribution >= 0.6 is 0 Å². The number of sulfone groups is 1. The van der Waals surface area contributed by atoms with E-state index in [1.54, 1.807) is 53.6 Å². The fourth-order valence-electron chi connectivity index (χ4n) is 5.33.